The standard InChI is InChI=1S/C22H33N3O3/c1-2-23-22(25-11-13-28-21(15-25)20-8-5-12-27-20)24-14-18-17-7-4-3-6-16(17)9-10-19(18)26/h9-10,20-21,26H,2-8,11-15H2,1H3,(H,23,24). The molecule has 0 radical (unpaired) electrons. The zero-order chi connectivity index (χ0) is 19.3. The first-order chi connectivity index (χ1) is 13.8. The Hall–Kier alpha value is -1.79. The van der Waals surface area contributed by atoms with Crippen LogP contribution in [-0.2, 0) is 28.9 Å². The molecule has 0 amide bonds. The number of fused-ring (bicyclic) bond motifs is 1. The largest absolute Gasteiger partial charge is 0.508 e. The number of morpholine rings is 1. The van der Waals surface area contributed by atoms with Crippen LogP contribution in [0.3, 0.4) is 0 Å². The van der Waals surface area contributed by atoms with Crippen LogP contribution in [0.5, 0.6) is 5.75 Å². The number of benzene rings is 1. The minimum Gasteiger partial charge on any atom is -0.508 e. The van der Waals surface area contributed by atoms with Crippen molar-refractivity contribution >= 4 is 5.96 Å². The van der Waals surface area contributed by atoms with E-state index >= 15 is 0 Å². The van der Waals surface area contributed by atoms with Gasteiger partial charge in [0.25, 0.3) is 0 Å². The molecule has 28 heavy (non-hydrogen) atoms. The maximum absolute atomic E-state index is 10.5. The van der Waals surface area contributed by atoms with E-state index in [0.29, 0.717) is 18.9 Å². The van der Waals surface area contributed by atoms with Crippen molar-refractivity contribution in [3.8, 4) is 5.75 Å². The predicted octanol–water partition coefficient (Wildman–Crippen LogP) is 2.62. The lowest BCUT2D eigenvalue weighted by Crippen LogP contribution is -2.53. The van der Waals surface area contributed by atoms with Crippen molar-refractivity contribution in [3.05, 3.63) is 28.8 Å². The summed E-state index contributed by atoms with van der Waals surface area (Å²) in [6, 6.07) is 3.92. The number of ether oxygens (including phenoxy) is 2. The molecule has 1 aromatic rings. The molecule has 0 spiro atoms. The summed E-state index contributed by atoms with van der Waals surface area (Å²) < 4.78 is 11.8. The molecule has 1 aliphatic carbocycles. The van der Waals surface area contributed by atoms with E-state index in [1.54, 1.807) is 0 Å². The first-order valence-electron chi connectivity index (χ1n) is 10.9. The molecule has 1 aromatic carbocycles. The van der Waals surface area contributed by atoms with E-state index in [1.807, 2.05) is 6.07 Å². The van der Waals surface area contributed by atoms with Gasteiger partial charge in [0, 0.05) is 31.8 Å². The zero-order valence-corrected chi connectivity index (χ0v) is 17.0. The van der Waals surface area contributed by atoms with Crippen LogP contribution in [0.4, 0.5) is 0 Å². The highest BCUT2D eigenvalue weighted by Crippen LogP contribution is 2.31. The Morgan fingerprint density at radius 2 is 2.04 bits per heavy atom. The summed E-state index contributed by atoms with van der Waals surface area (Å²) >= 11 is 0. The SMILES string of the molecule is CCNC(=NCc1c(O)ccc2c1CCCC2)N1CCOC(C2CCCO2)C1. The number of hydrogen-bond acceptors (Lipinski definition) is 4. The van der Waals surface area contributed by atoms with Gasteiger partial charge in [-0.1, -0.05) is 6.07 Å². The summed E-state index contributed by atoms with van der Waals surface area (Å²) in [6.45, 7) is 6.59. The van der Waals surface area contributed by atoms with Gasteiger partial charge in [0.05, 0.1) is 19.3 Å². The lowest BCUT2D eigenvalue weighted by Gasteiger charge is -2.37. The molecule has 4 rings (SSSR count). The van der Waals surface area contributed by atoms with Gasteiger partial charge in [-0.2, -0.15) is 0 Å². The average molecular weight is 388 g/mol. The van der Waals surface area contributed by atoms with Gasteiger partial charge in [0.1, 0.15) is 11.9 Å². The normalized spacial score (nSPS) is 25.6. The van der Waals surface area contributed by atoms with Crippen molar-refractivity contribution in [2.75, 3.05) is 32.8 Å². The monoisotopic (exact) mass is 387 g/mol. The molecule has 2 N–H and O–H groups in total. The summed E-state index contributed by atoms with van der Waals surface area (Å²) in [5, 5.41) is 13.9. The smallest absolute Gasteiger partial charge is 0.194 e. The molecule has 0 saturated carbocycles. The number of aromatic hydroxyl groups is 1. The number of hydrogen-bond donors (Lipinski definition) is 2. The van der Waals surface area contributed by atoms with Gasteiger partial charge in [0.2, 0.25) is 0 Å². The van der Waals surface area contributed by atoms with Gasteiger partial charge in [-0.25, -0.2) is 4.99 Å². The summed E-state index contributed by atoms with van der Waals surface area (Å²) in [5.74, 6) is 1.28. The fourth-order valence-electron chi connectivity index (χ4n) is 4.64. The highest BCUT2D eigenvalue weighted by Gasteiger charge is 2.32. The highest BCUT2D eigenvalue weighted by molar-refractivity contribution is 5.80. The number of rotatable bonds is 4. The molecule has 2 unspecified atom stereocenters. The Bertz CT molecular complexity index is 701. The quantitative estimate of drug-likeness (QED) is 0.614. The second-order valence-electron chi connectivity index (χ2n) is 7.98. The molecule has 154 valence electrons. The molecule has 2 atom stereocenters. The predicted molar refractivity (Wildman–Crippen MR) is 110 cm³/mol. The van der Waals surface area contributed by atoms with Crippen molar-refractivity contribution < 1.29 is 14.6 Å². The first-order valence-corrected chi connectivity index (χ1v) is 10.9. The maximum atomic E-state index is 10.5. The number of nitrogens with zero attached hydrogens (tertiary/aromatic N) is 2. The minimum absolute atomic E-state index is 0.109. The van der Waals surface area contributed by atoms with Crippen molar-refractivity contribution in [2.24, 2.45) is 4.99 Å². The Labute approximate surface area is 167 Å². The Morgan fingerprint density at radius 3 is 2.86 bits per heavy atom. The summed E-state index contributed by atoms with van der Waals surface area (Å²) in [6.07, 6.45) is 7.10. The van der Waals surface area contributed by atoms with Crippen molar-refractivity contribution in [1.29, 1.82) is 0 Å². The van der Waals surface area contributed by atoms with E-state index in [1.165, 1.54) is 24.0 Å². The summed E-state index contributed by atoms with van der Waals surface area (Å²) in [7, 11) is 0. The van der Waals surface area contributed by atoms with Crippen molar-refractivity contribution in [1.82, 2.24) is 10.2 Å². The average Bonchev–Trinajstić information content (AvgIpc) is 3.27. The lowest BCUT2D eigenvalue weighted by atomic mass is 9.88. The van der Waals surface area contributed by atoms with Crippen LogP contribution >= 0.6 is 0 Å². The molecule has 2 aliphatic heterocycles. The Morgan fingerprint density at radius 1 is 1.18 bits per heavy atom. The van der Waals surface area contributed by atoms with Crippen LogP contribution < -0.4 is 5.32 Å². The Balaban J connectivity index is 1.51. The minimum atomic E-state index is 0.109. The zero-order valence-electron chi connectivity index (χ0n) is 17.0. The van der Waals surface area contributed by atoms with Gasteiger partial charge in [-0.3, -0.25) is 0 Å². The fourth-order valence-corrected chi connectivity index (χ4v) is 4.64. The van der Waals surface area contributed by atoms with Crippen LogP contribution in [0.25, 0.3) is 0 Å². The molecule has 0 aromatic heterocycles. The topological polar surface area (TPSA) is 66.3 Å². The molecular weight excluding hydrogens is 354 g/mol. The van der Waals surface area contributed by atoms with Gasteiger partial charge >= 0.3 is 0 Å². The van der Waals surface area contributed by atoms with E-state index in [9.17, 15) is 5.11 Å². The summed E-state index contributed by atoms with van der Waals surface area (Å²) in [4.78, 5) is 7.20. The van der Waals surface area contributed by atoms with Crippen LogP contribution in [0.2, 0.25) is 0 Å². The fraction of sp³-hybridized carbons (Fsp3) is 0.682. The van der Waals surface area contributed by atoms with Crippen LogP contribution in [0, 0.1) is 0 Å². The van der Waals surface area contributed by atoms with Crippen LogP contribution in [-0.4, -0.2) is 61.0 Å². The van der Waals surface area contributed by atoms with Gasteiger partial charge in [-0.05, 0) is 62.6 Å². The third-order valence-electron chi connectivity index (χ3n) is 6.12. The molecule has 6 heteroatoms. The second-order valence-corrected chi connectivity index (χ2v) is 7.98. The lowest BCUT2D eigenvalue weighted by molar-refractivity contribution is -0.0817. The Kier molecular flexibility index (Phi) is 6.37. The number of guanidine groups is 1. The van der Waals surface area contributed by atoms with Gasteiger partial charge in [-0.15, -0.1) is 0 Å². The molecule has 2 saturated heterocycles. The van der Waals surface area contributed by atoms with E-state index in [-0.39, 0.29) is 12.2 Å². The maximum Gasteiger partial charge on any atom is 0.194 e. The van der Waals surface area contributed by atoms with Crippen LogP contribution in [0.15, 0.2) is 17.1 Å². The molecule has 6 nitrogen and oxygen atoms in total. The molecule has 0 bridgehead atoms. The number of phenolic OH excluding ortho intramolecular Hbond substituents is 1. The number of nitrogens with one attached hydrogen (secondary N) is 1. The third-order valence-corrected chi connectivity index (χ3v) is 6.12. The number of aliphatic imine (C=N–C) groups is 1. The van der Waals surface area contributed by atoms with Crippen LogP contribution in [0.1, 0.15) is 49.3 Å². The van der Waals surface area contributed by atoms with Crippen molar-refractivity contribution in [3.63, 3.8) is 0 Å². The summed E-state index contributed by atoms with van der Waals surface area (Å²) in [5.41, 5.74) is 3.69. The van der Waals surface area contributed by atoms with E-state index < -0.39 is 0 Å². The van der Waals surface area contributed by atoms with E-state index in [4.69, 9.17) is 14.5 Å². The molecular formula is C22H33N3O3. The highest BCUT2D eigenvalue weighted by atomic mass is 16.5. The molecule has 2 heterocycles. The van der Waals surface area contributed by atoms with Crippen molar-refractivity contribution in [2.45, 2.75) is 64.2 Å². The van der Waals surface area contributed by atoms with E-state index in [0.717, 1.165) is 63.4 Å². The molecule has 2 fully saturated rings. The molecule has 3 aliphatic rings. The second kappa shape index (κ2) is 9.14. The number of aryl methyl sites for hydroxylation is 1. The first kappa shape index (κ1) is 19.5. The third kappa shape index (κ3) is 4.28. The van der Waals surface area contributed by atoms with Gasteiger partial charge in [0.15, 0.2) is 5.96 Å². The van der Waals surface area contributed by atoms with Gasteiger partial charge < -0.3 is 24.8 Å². The van der Waals surface area contributed by atoms with E-state index in [2.05, 4.69) is 23.2 Å². The number of phenols is 1.